The third kappa shape index (κ3) is 2.86. The molecule has 1 N–H and O–H groups in total. The predicted octanol–water partition coefficient (Wildman–Crippen LogP) is 4.42. The summed E-state index contributed by atoms with van der Waals surface area (Å²) in [5.74, 6) is 0.0349. The molecule has 1 saturated heterocycles. The molecule has 22 heavy (non-hydrogen) atoms. The quantitative estimate of drug-likeness (QED) is 0.622. The van der Waals surface area contributed by atoms with Crippen molar-refractivity contribution in [1.82, 2.24) is 5.32 Å². The van der Waals surface area contributed by atoms with Gasteiger partial charge in [0.2, 0.25) is 8.32 Å². The van der Waals surface area contributed by atoms with Gasteiger partial charge in [-0.05, 0) is 22.2 Å². The minimum Gasteiger partial charge on any atom is -0.402 e. The van der Waals surface area contributed by atoms with E-state index >= 15 is 0 Å². The van der Waals surface area contributed by atoms with Gasteiger partial charge in [0.1, 0.15) is 6.10 Å². The fourth-order valence-electron chi connectivity index (χ4n) is 4.03. The first-order valence-electron chi connectivity index (χ1n) is 8.33. The maximum Gasteiger partial charge on any atom is 0.251 e. The molecule has 0 unspecified atom stereocenters. The van der Waals surface area contributed by atoms with Gasteiger partial charge >= 0.3 is 0 Å². The van der Waals surface area contributed by atoms with Crippen molar-refractivity contribution in [2.45, 2.75) is 70.3 Å². The Bertz CT molecular complexity index is 491. The number of nitrogens with one attached hydrogen (secondary N) is 1. The maximum absolute atomic E-state index is 12.1. The lowest BCUT2D eigenvalue weighted by atomic mass is 9.94. The van der Waals surface area contributed by atoms with Crippen LogP contribution < -0.4 is 5.32 Å². The summed E-state index contributed by atoms with van der Waals surface area (Å²) in [6, 6.07) is 10.1. The van der Waals surface area contributed by atoms with Crippen LogP contribution in [0.2, 0.25) is 16.6 Å². The molecule has 122 valence electrons. The van der Waals surface area contributed by atoms with E-state index in [1.54, 1.807) is 0 Å². The number of carbonyl (C=O) groups is 1. The standard InChI is InChI=1S/C18H29NO2Si/c1-12(2)22(13(3)4,14(5)6)21-17-16(19-18(17)20)15-10-8-7-9-11-15/h7-14,16-17H,1-6H3,(H,19,20)/t16-,17+/m0/s1. The molecule has 2 rings (SSSR count). The van der Waals surface area contributed by atoms with E-state index in [1.165, 1.54) is 0 Å². The molecule has 4 heteroatoms. The Labute approximate surface area is 135 Å². The average molecular weight is 320 g/mol. The van der Waals surface area contributed by atoms with E-state index < -0.39 is 8.32 Å². The molecule has 1 aromatic carbocycles. The smallest absolute Gasteiger partial charge is 0.251 e. The van der Waals surface area contributed by atoms with Crippen LogP contribution in [0.15, 0.2) is 30.3 Å². The van der Waals surface area contributed by atoms with Crippen LogP contribution in [-0.4, -0.2) is 20.3 Å². The Morgan fingerprint density at radius 3 is 1.86 bits per heavy atom. The molecule has 0 bridgehead atoms. The lowest BCUT2D eigenvalue weighted by Gasteiger charge is -2.48. The normalized spacial score (nSPS) is 22.1. The summed E-state index contributed by atoms with van der Waals surface area (Å²) in [6.45, 7) is 13.5. The molecule has 0 radical (unpaired) electrons. The number of amides is 1. The van der Waals surface area contributed by atoms with E-state index in [1.807, 2.05) is 18.2 Å². The van der Waals surface area contributed by atoms with Gasteiger partial charge in [0.25, 0.3) is 5.91 Å². The second-order valence-corrected chi connectivity index (χ2v) is 12.7. The minimum atomic E-state index is -2.04. The molecule has 1 fully saturated rings. The van der Waals surface area contributed by atoms with Gasteiger partial charge in [-0.3, -0.25) is 4.79 Å². The Kier molecular flexibility index (Phi) is 5.13. The molecule has 0 saturated carbocycles. The van der Waals surface area contributed by atoms with Gasteiger partial charge in [-0.2, -0.15) is 0 Å². The Morgan fingerprint density at radius 2 is 1.45 bits per heavy atom. The fourth-order valence-corrected chi connectivity index (χ4v) is 9.53. The van der Waals surface area contributed by atoms with Crippen LogP contribution in [0.5, 0.6) is 0 Å². The number of hydrogen-bond acceptors (Lipinski definition) is 2. The van der Waals surface area contributed by atoms with Crippen molar-refractivity contribution in [3.63, 3.8) is 0 Å². The molecular formula is C18H29NO2Si. The summed E-state index contributed by atoms with van der Waals surface area (Å²) in [4.78, 5) is 12.1. The van der Waals surface area contributed by atoms with Crippen molar-refractivity contribution in [3.8, 4) is 0 Å². The number of β-lactam (4-membered cyclic amide) rings is 1. The third-order valence-electron chi connectivity index (χ3n) is 5.06. The van der Waals surface area contributed by atoms with Crippen molar-refractivity contribution < 1.29 is 9.22 Å². The molecule has 2 atom stereocenters. The highest BCUT2D eigenvalue weighted by atomic mass is 28.4. The largest absolute Gasteiger partial charge is 0.402 e. The van der Waals surface area contributed by atoms with Crippen molar-refractivity contribution in [3.05, 3.63) is 35.9 Å². The van der Waals surface area contributed by atoms with E-state index in [0.29, 0.717) is 16.6 Å². The van der Waals surface area contributed by atoms with E-state index in [4.69, 9.17) is 4.43 Å². The van der Waals surface area contributed by atoms with Crippen LogP contribution in [0.3, 0.4) is 0 Å². The predicted molar refractivity (Wildman–Crippen MR) is 93.2 cm³/mol. The monoisotopic (exact) mass is 319 g/mol. The number of benzene rings is 1. The lowest BCUT2D eigenvalue weighted by Crippen LogP contribution is -2.63. The number of rotatable bonds is 6. The van der Waals surface area contributed by atoms with Crippen LogP contribution in [0.1, 0.15) is 53.1 Å². The van der Waals surface area contributed by atoms with Gasteiger partial charge in [-0.15, -0.1) is 0 Å². The molecule has 1 aliphatic heterocycles. The van der Waals surface area contributed by atoms with E-state index in [9.17, 15) is 4.79 Å². The van der Waals surface area contributed by atoms with Gasteiger partial charge in [-0.1, -0.05) is 71.9 Å². The van der Waals surface area contributed by atoms with Gasteiger partial charge in [0, 0.05) is 0 Å². The topological polar surface area (TPSA) is 38.3 Å². The molecule has 3 nitrogen and oxygen atoms in total. The molecular weight excluding hydrogens is 290 g/mol. The zero-order valence-corrected chi connectivity index (χ0v) is 15.6. The summed E-state index contributed by atoms with van der Waals surface area (Å²) >= 11 is 0. The summed E-state index contributed by atoms with van der Waals surface area (Å²) in [5, 5.41) is 3.01. The Hall–Kier alpha value is -1.13. The Morgan fingerprint density at radius 1 is 0.955 bits per heavy atom. The van der Waals surface area contributed by atoms with Gasteiger partial charge in [0.15, 0.2) is 0 Å². The van der Waals surface area contributed by atoms with E-state index in [0.717, 1.165) is 5.56 Å². The number of carbonyl (C=O) groups excluding carboxylic acids is 1. The third-order valence-corrected chi connectivity index (χ3v) is 11.1. The van der Waals surface area contributed by atoms with Gasteiger partial charge < -0.3 is 9.74 Å². The molecule has 1 aromatic rings. The highest BCUT2D eigenvalue weighted by Crippen LogP contribution is 2.45. The first kappa shape index (κ1) is 17.2. The highest BCUT2D eigenvalue weighted by Gasteiger charge is 2.52. The number of hydrogen-bond donors (Lipinski definition) is 1. The maximum atomic E-state index is 12.1. The summed E-state index contributed by atoms with van der Waals surface area (Å²) in [7, 11) is -2.04. The van der Waals surface area contributed by atoms with Crippen LogP contribution in [0.25, 0.3) is 0 Å². The first-order chi connectivity index (χ1) is 10.3. The van der Waals surface area contributed by atoms with Gasteiger partial charge in [0.05, 0.1) is 6.04 Å². The fraction of sp³-hybridized carbons (Fsp3) is 0.611. The van der Waals surface area contributed by atoms with Crippen molar-refractivity contribution in [2.75, 3.05) is 0 Å². The zero-order valence-electron chi connectivity index (χ0n) is 14.6. The molecule has 0 aliphatic carbocycles. The van der Waals surface area contributed by atoms with Gasteiger partial charge in [-0.25, -0.2) is 0 Å². The van der Waals surface area contributed by atoms with E-state index in [-0.39, 0.29) is 18.1 Å². The molecule has 0 spiro atoms. The molecule has 1 heterocycles. The first-order valence-corrected chi connectivity index (χ1v) is 10.5. The van der Waals surface area contributed by atoms with Crippen LogP contribution >= 0.6 is 0 Å². The van der Waals surface area contributed by atoms with Crippen LogP contribution in [0, 0.1) is 0 Å². The highest BCUT2D eigenvalue weighted by molar-refractivity contribution is 6.77. The second kappa shape index (κ2) is 6.55. The molecule has 1 aliphatic rings. The van der Waals surface area contributed by atoms with Crippen molar-refractivity contribution in [1.29, 1.82) is 0 Å². The average Bonchev–Trinajstić information content (AvgIpc) is 2.45. The molecule has 1 amide bonds. The van der Waals surface area contributed by atoms with Crippen LogP contribution in [-0.2, 0) is 9.22 Å². The second-order valence-electron chi connectivity index (χ2n) is 7.25. The SMILES string of the molecule is CC(C)[Si](O[C@H]1C(=O)N[C@H]1c1ccccc1)(C(C)C)C(C)C. The van der Waals surface area contributed by atoms with Crippen molar-refractivity contribution >= 4 is 14.2 Å². The summed E-state index contributed by atoms with van der Waals surface area (Å²) in [6.07, 6.45) is -0.332. The summed E-state index contributed by atoms with van der Waals surface area (Å²) in [5.41, 5.74) is 2.58. The minimum absolute atomic E-state index is 0.00294. The zero-order chi connectivity index (χ0) is 16.5. The lowest BCUT2D eigenvalue weighted by molar-refractivity contribution is -0.141. The molecule has 0 aromatic heterocycles. The van der Waals surface area contributed by atoms with E-state index in [2.05, 4.69) is 59.0 Å². The Balaban J connectivity index is 2.27. The van der Waals surface area contributed by atoms with Crippen molar-refractivity contribution in [2.24, 2.45) is 0 Å². The summed E-state index contributed by atoms with van der Waals surface area (Å²) < 4.78 is 6.66. The van der Waals surface area contributed by atoms with Crippen LogP contribution in [0.4, 0.5) is 0 Å².